The molecule has 8 rings (SSSR count). The number of aromatic nitrogens is 4. The van der Waals surface area contributed by atoms with E-state index in [-0.39, 0.29) is 25.7 Å². The Kier molecular flexibility index (Phi) is 10.7. The first-order valence-corrected chi connectivity index (χ1v) is 18.2. The number of imidazole rings is 1. The number of fused-ring (bicyclic) bond motifs is 2. The molecule has 0 spiro atoms. The smallest absolute Gasteiger partial charge is 0.0770 e. The van der Waals surface area contributed by atoms with Crippen LogP contribution >= 0.6 is 11.3 Å². The van der Waals surface area contributed by atoms with Gasteiger partial charge >= 0.3 is 0 Å². The molecule has 0 unspecified atom stereocenters. The van der Waals surface area contributed by atoms with E-state index in [0.29, 0.717) is 11.8 Å². The molecule has 8 aromatic rings. The largest absolute Gasteiger partial charge is 0.360 e. The average molecular weight is 878 g/mol. The van der Waals surface area contributed by atoms with Crippen molar-refractivity contribution >= 4 is 32.5 Å². The first-order chi connectivity index (χ1) is 26.1. The summed E-state index contributed by atoms with van der Waals surface area (Å²) in [6, 6.07) is 41.9. The maximum Gasteiger partial charge on any atom is 0.0770 e. The molecule has 52 heavy (non-hydrogen) atoms. The summed E-state index contributed by atoms with van der Waals surface area (Å²) < 4.78 is 25.3. The van der Waals surface area contributed by atoms with Gasteiger partial charge < -0.3 is 9.55 Å². The van der Waals surface area contributed by atoms with Crippen LogP contribution in [0.5, 0.6) is 0 Å². The van der Waals surface area contributed by atoms with E-state index in [1.807, 2.05) is 36.5 Å². The van der Waals surface area contributed by atoms with E-state index in [0.717, 1.165) is 52.3 Å². The van der Waals surface area contributed by atoms with Gasteiger partial charge in [0.15, 0.2) is 0 Å². The summed E-state index contributed by atoms with van der Waals surface area (Å²) in [6.07, 6.45) is 4.06. The molecule has 0 bridgehead atoms. The zero-order valence-electron chi connectivity index (χ0n) is 32.7. The number of hydrogen-bond donors (Lipinski definition) is 0. The number of hydrogen-bond acceptors (Lipinski definition) is 4. The van der Waals surface area contributed by atoms with Crippen LogP contribution in [0.15, 0.2) is 128 Å². The van der Waals surface area contributed by atoms with Gasteiger partial charge in [-0.25, -0.2) is 0 Å². The summed E-state index contributed by atoms with van der Waals surface area (Å²) in [5.74, 6) is 1.88. The predicted molar refractivity (Wildman–Crippen MR) is 213 cm³/mol. The summed E-state index contributed by atoms with van der Waals surface area (Å²) in [5, 5.41) is 4.84. The van der Waals surface area contributed by atoms with Gasteiger partial charge in [-0.2, -0.15) is 0 Å². The first kappa shape index (κ1) is 33.1. The van der Waals surface area contributed by atoms with Crippen LogP contribution in [0, 0.1) is 18.3 Å². The summed E-state index contributed by atoms with van der Waals surface area (Å²) >= 11 is 1.67. The third-order valence-corrected chi connectivity index (χ3v) is 10.0. The summed E-state index contributed by atoms with van der Waals surface area (Å²) in [4.78, 5) is 13.8. The molecule has 4 heterocycles. The van der Waals surface area contributed by atoms with Crippen LogP contribution in [0.25, 0.3) is 43.8 Å². The van der Waals surface area contributed by atoms with Crippen molar-refractivity contribution in [3.63, 3.8) is 0 Å². The molecule has 0 saturated carbocycles. The molecule has 4 aromatic heterocycles. The molecule has 0 aliphatic carbocycles. The molecule has 263 valence electrons. The maximum atomic E-state index is 7.23. The number of rotatable bonds is 8. The second-order valence-electron chi connectivity index (χ2n) is 13.4. The Bertz CT molecular complexity index is 2460. The minimum absolute atomic E-state index is 0. The van der Waals surface area contributed by atoms with Crippen LogP contribution in [-0.2, 0) is 33.1 Å². The van der Waals surface area contributed by atoms with Gasteiger partial charge in [0.1, 0.15) is 0 Å². The summed E-state index contributed by atoms with van der Waals surface area (Å²) in [6.45, 7) is 7.86. The van der Waals surface area contributed by atoms with E-state index in [1.165, 1.54) is 38.5 Å². The van der Waals surface area contributed by atoms with Gasteiger partial charge in [-0.1, -0.05) is 110 Å². The molecule has 0 N–H and O–H groups in total. The Labute approximate surface area is 329 Å². The normalized spacial score (nSPS) is 12.2. The molecule has 0 saturated heterocycles. The Balaban J connectivity index is 0.000000254. The minimum atomic E-state index is -2.09. The van der Waals surface area contributed by atoms with E-state index in [4.69, 9.17) is 9.10 Å². The molecule has 0 amide bonds. The molecular weight excluding hydrogens is 833 g/mol. The number of nitrogens with zero attached hydrogens (tertiary/aromatic N) is 4. The predicted octanol–water partition coefficient (Wildman–Crippen LogP) is 11.9. The fourth-order valence-electron chi connectivity index (χ4n) is 6.59. The van der Waals surface area contributed by atoms with E-state index in [1.54, 1.807) is 29.5 Å². The van der Waals surface area contributed by atoms with Crippen molar-refractivity contribution in [3.05, 3.63) is 173 Å². The Morgan fingerprint density at radius 1 is 0.808 bits per heavy atom. The van der Waals surface area contributed by atoms with Crippen LogP contribution in [0.4, 0.5) is 0 Å². The number of para-hydroxylation sites is 2. The summed E-state index contributed by atoms with van der Waals surface area (Å²) in [5.41, 5.74) is 11.7. The molecule has 0 aliphatic rings. The Hall–Kier alpha value is -4.74. The third-order valence-electron chi connectivity index (χ3n) is 9.12. The monoisotopic (exact) mass is 878 g/mol. The van der Waals surface area contributed by atoms with Crippen molar-refractivity contribution in [1.29, 1.82) is 0 Å². The van der Waals surface area contributed by atoms with E-state index in [9.17, 15) is 0 Å². The van der Waals surface area contributed by atoms with Gasteiger partial charge in [-0.05, 0) is 70.9 Å². The zero-order chi connectivity index (χ0) is 37.8. The van der Waals surface area contributed by atoms with Crippen molar-refractivity contribution in [1.82, 2.24) is 19.5 Å². The quantitative estimate of drug-likeness (QED) is 0.143. The van der Waals surface area contributed by atoms with Gasteiger partial charge in [0, 0.05) is 55.3 Å². The van der Waals surface area contributed by atoms with Gasteiger partial charge in [0.2, 0.25) is 0 Å². The van der Waals surface area contributed by atoms with E-state index >= 15 is 0 Å². The SMILES string of the molecule is CC(C)c1cccc(C(C)C)c1Cn1c(-c2[c-]sc3ccc(Cc4ccccn4)cc23)nc2ccccc21.[2H]C([2H])([2H])c1ccc(-c2[c-]cccc2)nc1.[Ir]. The van der Waals surface area contributed by atoms with Crippen LogP contribution in [0.2, 0.25) is 0 Å². The fraction of sp³-hybridized carbons (Fsp3) is 0.196. The Morgan fingerprint density at radius 2 is 1.60 bits per heavy atom. The molecule has 1 radical (unpaired) electrons. The van der Waals surface area contributed by atoms with Crippen LogP contribution in [-0.4, -0.2) is 19.5 Å². The van der Waals surface area contributed by atoms with Crippen LogP contribution in [0.3, 0.4) is 0 Å². The zero-order valence-corrected chi connectivity index (χ0v) is 32.9. The molecule has 0 aliphatic heterocycles. The number of pyridine rings is 2. The number of aryl methyl sites for hydroxylation is 1. The standard InChI is InChI=1S/C34H32N3S.C12H10N.Ir/c1-22(2)26-11-9-12-27(23(3)4)29(26)20-37-32-14-6-5-13-31(32)36-34(37)30-21-38-33-16-15-24(19-28(30)33)18-25-10-7-8-17-35-25;1-10-7-8-12(13-9-10)11-5-3-2-4-6-11;/h5-17,19,22-23H,18,20H2,1-4H3;2-5,7-9H,1H3;/q2*-1;/i;1D3;. The molecule has 0 fully saturated rings. The van der Waals surface area contributed by atoms with Crippen LogP contribution < -0.4 is 0 Å². The van der Waals surface area contributed by atoms with Crippen molar-refractivity contribution in [2.75, 3.05) is 0 Å². The van der Waals surface area contributed by atoms with E-state index < -0.39 is 6.85 Å². The fourth-order valence-corrected chi connectivity index (χ4v) is 7.41. The first-order valence-electron chi connectivity index (χ1n) is 18.9. The second-order valence-corrected chi connectivity index (χ2v) is 14.2. The number of benzene rings is 4. The van der Waals surface area contributed by atoms with Gasteiger partial charge in [0.25, 0.3) is 0 Å². The molecule has 4 aromatic carbocycles. The Morgan fingerprint density at radius 3 is 2.29 bits per heavy atom. The molecule has 4 nitrogen and oxygen atoms in total. The van der Waals surface area contributed by atoms with Crippen molar-refractivity contribution in [2.24, 2.45) is 0 Å². The molecular formula is C46H42IrN4S-2. The third kappa shape index (κ3) is 8.16. The molecule has 0 atom stereocenters. The van der Waals surface area contributed by atoms with Gasteiger partial charge in [0.05, 0.1) is 16.9 Å². The van der Waals surface area contributed by atoms with Crippen molar-refractivity contribution < 1.29 is 24.2 Å². The topological polar surface area (TPSA) is 43.6 Å². The molecule has 6 heteroatoms. The number of thiophene rings is 1. The average Bonchev–Trinajstić information content (AvgIpc) is 3.76. The van der Waals surface area contributed by atoms with Crippen molar-refractivity contribution in [2.45, 2.75) is 59.3 Å². The summed E-state index contributed by atoms with van der Waals surface area (Å²) in [7, 11) is 0. The van der Waals surface area contributed by atoms with Crippen molar-refractivity contribution in [3.8, 4) is 22.6 Å². The second kappa shape index (κ2) is 16.7. The van der Waals surface area contributed by atoms with E-state index in [2.05, 4.69) is 120 Å². The van der Waals surface area contributed by atoms with Gasteiger partial charge in [-0.3, -0.25) is 21.3 Å². The minimum Gasteiger partial charge on any atom is -0.360 e. The van der Waals surface area contributed by atoms with Gasteiger partial charge in [-0.15, -0.1) is 47.3 Å². The maximum absolute atomic E-state index is 7.23. The van der Waals surface area contributed by atoms with Crippen LogP contribution in [0.1, 0.15) is 77.2 Å².